The first kappa shape index (κ1) is 58.3. The first-order valence-electron chi connectivity index (χ1n) is 17.1. The van der Waals surface area contributed by atoms with Gasteiger partial charge in [-0.3, -0.25) is 14.4 Å². The summed E-state index contributed by atoms with van der Waals surface area (Å²) in [5.74, 6) is -2.01. The summed E-state index contributed by atoms with van der Waals surface area (Å²) in [7, 11) is 0. The molecular weight excluding hydrogens is 636 g/mol. The Hall–Kier alpha value is -1.95. The monoisotopic (exact) mass is 708 g/mol. The molecule has 0 heterocycles. The van der Waals surface area contributed by atoms with Gasteiger partial charge in [-0.2, -0.15) is 0 Å². The van der Waals surface area contributed by atoms with Crippen LogP contribution < -0.4 is 0 Å². The fourth-order valence-electron chi connectivity index (χ4n) is 2.81. The predicted molar refractivity (Wildman–Crippen MR) is 184 cm³/mol. The maximum atomic E-state index is 10.0. The Morgan fingerprint density at radius 3 is 0.625 bits per heavy atom. The Morgan fingerprint density at radius 1 is 0.354 bits per heavy atom. The summed E-state index contributed by atoms with van der Waals surface area (Å²) in [5, 5.41) is 96.9. The summed E-state index contributed by atoms with van der Waals surface area (Å²) >= 11 is 0. The Kier molecular flexibility index (Phi) is 66.2. The van der Waals surface area contributed by atoms with Crippen molar-refractivity contribution in [3.8, 4) is 0 Å². The smallest absolute Gasteiger partial charge is 0.303 e. The van der Waals surface area contributed by atoms with Crippen LogP contribution in [-0.2, 0) is 14.4 Å². The van der Waals surface area contributed by atoms with E-state index in [0.717, 1.165) is 38.5 Å². The van der Waals surface area contributed by atoms with E-state index in [1.54, 1.807) is 0 Å². The van der Waals surface area contributed by atoms with E-state index >= 15 is 0 Å². The standard InChI is InChI=1S/3C8H16O2.3C3H8O3/c3*1-2-3-4-5-6-7-8(9)10;3*4-1-3(6)2-5/h3*2-7H2,1H3,(H,9,10);3*3-6H,1-2H2. The van der Waals surface area contributed by atoms with E-state index in [-0.39, 0.29) is 39.6 Å². The second kappa shape index (κ2) is 54.5. The molecule has 0 fully saturated rings. The van der Waals surface area contributed by atoms with Crippen molar-refractivity contribution in [2.75, 3.05) is 39.6 Å². The summed E-state index contributed by atoms with van der Waals surface area (Å²) in [6.45, 7) is 4.26. The van der Waals surface area contributed by atoms with Crippen LogP contribution in [0.5, 0.6) is 0 Å². The van der Waals surface area contributed by atoms with Crippen molar-refractivity contribution in [1.29, 1.82) is 0 Å². The number of hydrogen-bond donors (Lipinski definition) is 12. The van der Waals surface area contributed by atoms with Crippen molar-refractivity contribution in [3.63, 3.8) is 0 Å². The lowest BCUT2D eigenvalue weighted by Gasteiger charge is -1.96. The number of aliphatic hydroxyl groups excluding tert-OH is 9. The van der Waals surface area contributed by atoms with E-state index in [2.05, 4.69) is 20.8 Å². The van der Waals surface area contributed by atoms with Gasteiger partial charge in [0, 0.05) is 19.3 Å². The normalized spacial score (nSPS) is 9.81. The number of hydrogen-bond acceptors (Lipinski definition) is 12. The molecule has 15 heteroatoms. The van der Waals surface area contributed by atoms with Gasteiger partial charge < -0.3 is 61.3 Å². The lowest BCUT2D eigenvalue weighted by atomic mass is 10.1. The highest BCUT2D eigenvalue weighted by Crippen LogP contribution is 2.05. The zero-order chi connectivity index (χ0) is 38.4. The quantitative estimate of drug-likeness (QED) is 0.0640. The molecule has 0 aliphatic heterocycles. The molecule has 294 valence electrons. The molecule has 0 amide bonds. The molecule has 0 atom stereocenters. The molecule has 0 aliphatic rings. The van der Waals surface area contributed by atoms with Gasteiger partial charge in [-0.05, 0) is 19.3 Å². The van der Waals surface area contributed by atoms with Crippen molar-refractivity contribution in [1.82, 2.24) is 0 Å². The molecule has 0 aromatic heterocycles. The Morgan fingerprint density at radius 2 is 0.521 bits per heavy atom. The molecular formula is C33H72O15. The molecule has 0 aliphatic carbocycles. The van der Waals surface area contributed by atoms with Crippen molar-refractivity contribution in [2.45, 2.75) is 155 Å². The molecule has 0 aromatic rings. The van der Waals surface area contributed by atoms with Crippen LogP contribution in [-0.4, -0.2) is 137 Å². The van der Waals surface area contributed by atoms with Crippen molar-refractivity contribution >= 4 is 17.9 Å². The second-order valence-electron chi connectivity index (χ2n) is 10.7. The van der Waals surface area contributed by atoms with Gasteiger partial charge in [0.15, 0.2) is 0 Å². The Labute approximate surface area is 287 Å². The van der Waals surface area contributed by atoms with Gasteiger partial charge in [-0.15, -0.1) is 0 Å². The Balaban J connectivity index is -0.000000112. The summed E-state index contributed by atoms with van der Waals surface area (Å²) in [6.07, 6.45) is 14.8. The minimum atomic E-state index is -0.954. The van der Waals surface area contributed by atoms with Crippen LogP contribution in [0.2, 0.25) is 0 Å². The van der Waals surface area contributed by atoms with E-state index in [1.807, 2.05) is 0 Å². The second-order valence-corrected chi connectivity index (χ2v) is 10.7. The molecule has 0 radical (unpaired) electrons. The van der Waals surface area contributed by atoms with Crippen molar-refractivity contribution < 1.29 is 75.7 Å². The average molecular weight is 709 g/mol. The zero-order valence-electron chi connectivity index (χ0n) is 29.8. The Bertz CT molecular complexity index is 517. The van der Waals surface area contributed by atoms with E-state index in [1.165, 1.54) is 57.8 Å². The molecule has 0 aromatic carbocycles. The zero-order valence-corrected chi connectivity index (χ0v) is 29.8. The first-order chi connectivity index (χ1) is 22.7. The maximum absolute atomic E-state index is 10.0. The third-order valence-corrected chi connectivity index (χ3v) is 5.75. The van der Waals surface area contributed by atoms with Gasteiger partial charge in [0.2, 0.25) is 0 Å². The van der Waals surface area contributed by atoms with Crippen LogP contribution in [0.4, 0.5) is 0 Å². The number of carboxylic acid groups (broad SMARTS) is 3. The van der Waals surface area contributed by atoms with E-state index in [4.69, 9.17) is 61.3 Å². The minimum absolute atomic E-state index is 0.337. The van der Waals surface area contributed by atoms with Gasteiger partial charge >= 0.3 is 17.9 Å². The fourth-order valence-corrected chi connectivity index (χ4v) is 2.81. The lowest BCUT2D eigenvalue weighted by molar-refractivity contribution is -0.138. The molecule has 0 saturated heterocycles. The highest BCUT2D eigenvalue weighted by atomic mass is 16.4. The largest absolute Gasteiger partial charge is 0.481 e. The topological polar surface area (TPSA) is 294 Å². The molecule has 12 N–H and O–H groups in total. The van der Waals surface area contributed by atoms with Crippen molar-refractivity contribution in [3.05, 3.63) is 0 Å². The maximum Gasteiger partial charge on any atom is 0.303 e. The van der Waals surface area contributed by atoms with E-state index in [9.17, 15) is 14.4 Å². The number of rotatable bonds is 24. The molecule has 0 unspecified atom stereocenters. The average Bonchev–Trinajstić information content (AvgIpc) is 3.07. The number of aliphatic carboxylic acids is 3. The fraction of sp³-hybridized carbons (Fsp3) is 0.909. The van der Waals surface area contributed by atoms with Gasteiger partial charge in [0.1, 0.15) is 18.3 Å². The highest BCUT2D eigenvalue weighted by Gasteiger charge is 1.97. The molecule has 0 rings (SSSR count). The summed E-state index contributed by atoms with van der Waals surface area (Å²) < 4.78 is 0. The summed E-state index contributed by atoms with van der Waals surface area (Å²) in [5.41, 5.74) is 0. The van der Waals surface area contributed by atoms with E-state index in [0.29, 0.717) is 19.3 Å². The van der Waals surface area contributed by atoms with Crippen molar-refractivity contribution in [2.24, 2.45) is 0 Å². The summed E-state index contributed by atoms with van der Waals surface area (Å²) in [6, 6.07) is 0. The van der Waals surface area contributed by atoms with Gasteiger partial charge in [0.05, 0.1) is 39.6 Å². The predicted octanol–water partition coefficient (Wildman–Crippen LogP) is 2.29. The molecule has 48 heavy (non-hydrogen) atoms. The minimum Gasteiger partial charge on any atom is -0.481 e. The number of unbranched alkanes of at least 4 members (excludes halogenated alkanes) is 12. The molecule has 0 saturated carbocycles. The van der Waals surface area contributed by atoms with E-state index < -0.39 is 36.2 Å². The van der Waals surface area contributed by atoms with Crippen LogP contribution in [0, 0.1) is 0 Å². The molecule has 0 bridgehead atoms. The van der Waals surface area contributed by atoms with Crippen LogP contribution >= 0.6 is 0 Å². The summed E-state index contributed by atoms with van der Waals surface area (Å²) in [4.78, 5) is 30.1. The van der Waals surface area contributed by atoms with Gasteiger partial charge in [-0.1, -0.05) is 97.8 Å². The van der Waals surface area contributed by atoms with Crippen LogP contribution in [0.25, 0.3) is 0 Å². The molecule has 0 spiro atoms. The third kappa shape index (κ3) is 84.7. The SMILES string of the molecule is CCCCCCCC(=O)O.CCCCCCCC(=O)O.CCCCCCCC(=O)O.OCC(O)CO.OCC(O)CO.OCC(O)CO. The van der Waals surface area contributed by atoms with Crippen LogP contribution in [0.3, 0.4) is 0 Å². The molecule has 15 nitrogen and oxygen atoms in total. The first-order valence-corrected chi connectivity index (χ1v) is 17.1. The van der Waals surface area contributed by atoms with Crippen LogP contribution in [0.15, 0.2) is 0 Å². The van der Waals surface area contributed by atoms with Gasteiger partial charge in [0.25, 0.3) is 0 Å². The highest BCUT2D eigenvalue weighted by molar-refractivity contribution is 5.67. The number of aliphatic hydroxyl groups is 9. The van der Waals surface area contributed by atoms with Crippen LogP contribution in [0.1, 0.15) is 136 Å². The lowest BCUT2D eigenvalue weighted by Crippen LogP contribution is -2.15. The number of carboxylic acids is 3. The number of carbonyl (C=O) groups is 3. The van der Waals surface area contributed by atoms with Gasteiger partial charge in [-0.25, -0.2) is 0 Å². The third-order valence-electron chi connectivity index (χ3n) is 5.75.